The number of pyridine rings is 1. The number of hydrogen-bond acceptors (Lipinski definition) is 5. The molecule has 0 bridgehead atoms. The summed E-state index contributed by atoms with van der Waals surface area (Å²) in [6.07, 6.45) is 4.21. The molecule has 2 heterocycles. The molecule has 0 unspecified atom stereocenters. The summed E-state index contributed by atoms with van der Waals surface area (Å²) in [6, 6.07) is 16.2. The first-order valence-electron chi connectivity index (χ1n) is 11.2. The fraction of sp³-hybridized carbons (Fsp3) is 0.385. The number of methoxy groups -OCH3 is 1. The number of aromatic nitrogens is 1. The number of likely N-dealkylation sites (tertiary alicyclic amines) is 1. The maximum absolute atomic E-state index is 11.9. The summed E-state index contributed by atoms with van der Waals surface area (Å²) in [4.78, 5) is 18.3. The predicted octanol–water partition coefficient (Wildman–Crippen LogP) is 4.71. The van der Waals surface area contributed by atoms with E-state index >= 15 is 0 Å². The van der Waals surface area contributed by atoms with Gasteiger partial charge in [-0.25, -0.2) is 0 Å². The Morgan fingerprint density at radius 2 is 1.84 bits per heavy atom. The maximum atomic E-state index is 11.9. The van der Waals surface area contributed by atoms with Gasteiger partial charge in [0.15, 0.2) is 5.75 Å². The van der Waals surface area contributed by atoms with Gasteiger partial charge < -0.3 is 19.1 Å². The molecule has 2 aromatic carbocycles. The third kappa shape index (κ3) is 5.02. The number of fused-ring (bicyclic) bond motifs is 1. The number of piperidine rings is 1. The molecule has 0 atom stereocenters. The van der Waals surface area contributed by atoms with Gasteiger partial charge in [0, 0.05) is 56.6 Å². The summed E-state index contributed by atoms with van der Waals surface area (Å²) in [5.41, 5.74) is 2.88. The van der Waals surface area contributed by atoms with Crippen molar-refractivity contribution in [3.8, 4) is 22.6 Å². The number of carbonyl (C=O) groups is 1. The molecule has 0 radical (unpaired) electrons. The highest BCUT2D eigenvalue weighted by atomic mass is 16.5. The third-order valence-electron chi connectivity index (χ3n) is 5.83. The third-order valence-corrected chi connectivity index (χ3v) is 5.83. The molecule has 0 aliphatic carbocycles. The zero-order valence-electron chi connectivity index (χ0n) is 18.8. The summed E-state index contributed by atoms with van der Waals surface area (Å²) in [7, 11) is 1.66. The van der Waals surface area contributed by atoms with E-state index in [4.69, 9.17) is 14.2 Å². The molecule has 1 saturated heterocycles. The van der Waals surface area contributed by atoms with Gasteiger partial charge in [-0.15, -0.1) is 0 Å². The quantitative estimate of drug-likeness (QED) is 0.481. The van der Waals surface area contributed by atoms with E-state index in [-0.39, 0.29) is 12.0 Å². The van der Waals surface area contributed by atoms with Crippen molar-refractivity contribution in [3.05, 3.63) is 54.7 Å². The molecule has 1 aliphatic rings. The molecule has 1 aromatic heterocycles. The molecule has 6 heteroatoms. The molecule has 1 amide bonds. The van der Waals surface area contributed by atoms with Crippen molar-refractivity contribution in [1.29, 1.82) is 0 Å². The molecular weight excluding hydrogens is 404 g/mol. The number of hydrogen-bond donors (Lipinski definition) is 0. The average molecular weight is 435 g/mol. The van der Waals surface area contributed by atoms with Gasteiger partial charge >= 0.3 is 0 Å². The van der Waals surface area contributed by atoms with Crippen molar-refractivity contribution in [1.82, 2.24) is 9.88 Å². The van der Waals surface area contributed by atoms with Crippen molar-refractivity contribution in [2.45, 2.75) is 32.3 Å². The smallest absolute Gasteiger partial charge is 0.222 e. The lowest BCUT2D eigenvalue weighted by Gasteiger charge is -2.32. The van der Waals surface area contributed by atoms with Crippen LogP contribution in [0.4, 0.5) is 0 Å². The number of ether oxygens (including phenoxy) is 3. The predicted molar refractivity (Wildman–Crippen MR) is 125 cm³/mol. The van der Waals surface area contributed by atoms with Crippen molar-refractivity contribution in [3.63, 3.8) is 0 Å². The van der Waals surface area contributed by atoms with E-state index in [1.165, 1.54) is 0 Å². The molecule has 0 N–H and O–H groups in total. The van der Waals surface area contributed by atoms with Gasteiger partial charge in [-0.3, -0.25) is 9.78 Å². The van der Waals surface area contributed by atoms with E-state index in [2.05, 4.69) is 29.2 Å². The number of carbonyl (C=O) groups excluding carboxylic acids is 1. The highest BCUT2D eigenvalue weighted by molar-refractivity contribution is 5.92. The molecule has 3 aromatic rings. The first-order valence-corrected chi connectivity index (χ1v) is 11.2. The van der Waals surface area contributed by atoms with Crippen LogP contribution in [0.1, 0.15) is 26.2 Å². The van der Waals surface area contributed by atoms with Gasteiger partial charge in [0.05, 0.1) is 6.61 Å². The summed E-state index contributed by atoms with van der Waals surface area (Å²) in [6.45, 7) is 4.41. The van der Waals surface area contributed by atoms with Gasteiger partial charge in [0.25, 0.3) is 0 Å². The molecular formula is C26H30N2O4. The molecule has 32 heavy (non-hydrogen) atoms. The monoisotopic (exact) mass is 434 g/mol. The van der Waals surface area contributed by atoms with Crippen LogP contribution in [0.5, 0.6) is 11.5 Å². The second kappa shape index (κ2) is 10.5. The lowest BCUT2D eigenvalue weighted by atomic mass is 10.0. The topological polar surface area (TPSA) is 60.9 Å². The Balaban J connectivity index is 1.49. The van der Waals surface area contributed by atoms with Crippen LogP contribution in [-0.2, 0) is 9.53 Å². The van der Waals surface area contributed by atoms with Gasteiger partial charge in [-0.2, -0.15) is 0 Å². The maximum Gasteiger partial charge on any atom is 0.222 e. The largest absolute Gasteiger partial charge is 0.490 e. The first kappa shape index (κ1) is 22.1. The Morgan fingerprint density at radius 1 is 1.06 bits per heavy atom. The average Bonchev–Trinajstić information content (AvgIpc) is 2.85. The fourth-order valence-corrected chi connectivity index (χ4v) is 4.07. The van der Waals surface area contributed by atoms with E-state index < -0.39 is 0 Å². The van der Waals surface area contributed by atoms with Crippen molar-refractivity contribution in [2.24, 2.45) is 0 Å². The molecule has 1 fully saturated rings. The highest BCUT2D eigenvalue weighted by Gasteiger charge is 2.23. The van der Waals surface area contributed by atoms with Crippen LogP contribution in [-0.4, -0.2) is 55.3 Å². The Bertz CT molecular complexity index is 1040. The van der Waals surface area contributed by atoms with Crippen LogP contribution in [0.2, 0.25) is 0 Å². The zero-order valence-corrected chi connectivity index (χ0v) is 18.8. The summed E-state index contributed by atoms with van der Waals surface area (Å²) >= 11 is 0. The van der Waals surface area contributed by atoms with Crippen molar-refractivity contribution in [2.75, 3.05) is 33.4 Å². The van der Waals surface area contributed by atoms with E-state index in [9.17, 15) is 4.79 Å². The summed E-state index contributed by atoms with van der Waals surface area (Å²) in [5, 5.41) is 1.04. The summed E-state index contributed by atoms with van der Waals surface area (Å²) in [5.74, 6) is 1.83. The van der Waals surface area contributed by atoms with Crippen LogP contribution in [0.3, 0.4) is 0 Å². The van der Waals surface area contributed by atoms with Crippen LogP contribution in [0.25, 0.3) is 22.0 Å². The number of rotatable bonds is 8. The lowest BCUT2D eigenvalue weighted by Crippen LogP contribution is -2.41. The second-order valence-corrected chi connectivity index (χ2v) is 7.93. The van der Waals surface area contributed by atoms with Crippen molar-refractivity contribution >= 4 is 16.8 Å². The standard InChI is InChI=1S/C26H30N2O4/c1-3-24(29)28-15-12-22(13-16-28)32-21-9-6-19(7-10-21)23-11-8-20-5-4-14-27-25(20)26(23)31-18-17-30-2/h4-11,14,22H,3,12-13,15-18H2,1-2H3. The molecule has 1 aliphatic heterocycles. The molecule has 6 nitrogen and oxygen atoms in total. The normalized spacial score (nSPS) is 14.5. The van der Waals surface area contributed by atoms with Crippen LogP contribution in [0.15, 0.2) is 54.7 Å². The van der Waals surface area contributed by atoms with E-state index in [0.717, 1.165) is 59.5 Å². The van der Waals surface area contributed by atoms with Crippen LogP contribution in [0, 0.1) is 0 Å². The van der Waals surface area contributed by atoms with Crippen LogP contribution < -0.4 is 9.47 Å². The molecule has 0 spiro atoms. The van der Waals surface area contributed by atoms with E-state index in [0.29, 0.717) is 19.6 Å². The number of benzene rings is 2. The molecule has 0 saturated carbocycles. The SMILES string of the molecule is CCC(=O)N1CCC(Oc2ccc(-c3ccc4cccnc4c3OCCOC)cc2)CC1. The Hall–Kier alpha value is -3.12. The van der Waals surface area contributed by atoms with Gasteiger partial charge in [-0.1, -0.05) is 31.2 Å². The fourth-order valence-electron chi connectivity index (χ4n) is 4.07. The molecule has 4 rings (SSSR count). The summed E-state index contributed by atoms with van der Waals surface area (Å²) < 4.78 is 17.4. The Kier molecular flexibility index (Phi) is 7.22. The number of amides is 1. The number of nitrogens with zero attached hydrogens (tertiary/aromatic N) is 2. The Morgan fingerprint density at radius 3 is 2.56 bits per heavy atom. The second-order valence-electron chi connectivity index (χ2n) is 7.93. The minimum Gasteiger partial charge on any atom is -0.490 e. The Labute approximate surface area is 189 Å². The molecule has 168 valence electrons. The minimum absolute atomic E-state index is 0.138. The van der Waals surface area contributed by atoms with Gasteiger partial charge in [0.1, 0.15) is 24.0 Å². The first-order chi connectivity index (χ1) is 15.7. The van der Waals surface area contributed by atoms with E-state index in [1.54, 1.807) is 13.3 Å². The minimum atomic E-state index is 0.138. The lowest BCUT2D eigenvalue weighted by molar-refractivity contribution is -0.132. The zero-order chi connectivity index (χ0) is 22.3. The van der Waals surface area contributed by atoms with Gasteiger partial charge in [-0.05, 0) is 29.8 Å². The van der Waals surface area contributed by atoms with Gasteiger partial charge in [0.2, 0.25) is 5.91 Å². The van der Waals surface area contributed by atoms with Crippen molar-refractivity contribution < 1.29 is 19.0 Å². The van der Waals surface area contributed by atoms with E-state index in [1.807, 2.05) is 36.1 Å². The van der Waals surface area contributed by atoms with Crippen LogP contribution >= 0.6 is 0 Å². The highest BCUT2D eigenvalue weighted by Crippen LogP contribution is 2.36.